The average Bonchev–Trinajstić information content (AvgIpc) is 2.84. The summed E-state index contributed by atoms with van der Waals surface area (Å²) in [7, 11) is 0. The molecule has 1 heterocycles. The number of ketones is 1. The predicted octanol–water partition coefficient (Wildman–Crippen LogP) is 4.10. The van der Waals surface area contributed by atoms with Crippen molar-refractivity contribution in [2.24, 2.45) is 0 Å². The fraction of sp³-hybridized carbons (Fsp3) is 0.588. The number of amides is 1. The lowest BCUT2D eigenvalue weighted by atomic mass is 10.1. The number of rotatable bonds is 10. The predicted molar refractivity (Wildman–Crippen MR) is 92.0 cm³/mol. The number of hydrogen-bond acceptors (Lipinski definition) is 5. The molecule has 1 N–H and O–H groups in total. The van der Waals surface area contributed by atoms with E-state index >= 15 is 0 Å². The van der Waals surface area contributed by atoms with Crippen LogP contribution in [0.15, 0.2) is 5.38 Å². The minimum absolute atomic E-state index is 0.0652. The number of nitrogens with one attached hydrogen (secondary N) is 1. The molecule has 128 valence electrons. The van der Waals surface area contributed by atoms with Crippen LogP contribution in [0.25, 0.3) is 0 Å². The Kier molecular flexibility index (Phi) is 8.55. The van der Waals surface area contributed by atoms with Crippen LogP contribution in [0.4, 0.5) is 5.00 Å². The number of carbonyl (C=O) groups excluding carboxylic acids is 3. The molecule has 23 heavy (non-hydrogen) atoms. The maximum Gasteiger partial charge on any atom is 0.341 e. The van der Waals surface area contributed by atoms with Gasteiger partial charge in [-0.25, -0.2) is 4.79 Å². The van der Waals surface area contributed by atoms with Crippen molar-refractivity contribution < 1.29 is 19.1 Å². The van der Waals surface area contributed by atoms with Gasteiger partial charge in [-0.1, -0.05) is 26.2 Å². The van der Waals surface area contributed by atoms with Crippen molar-refractivity contribution in [1.29, 1.82) is 0 Å². The Bertz CT molecular complexity index is 551. The number of ether oxygens (including phenoxy) is 1. The first kappa shape index (κ1) is 19.4. The number of anilines is 1. The smallest absolute Gasteiger partial charge is 0.341 e. The molecule has 5 nitrogen and oxygen atoms in total. The van der Waals surface area contributed by atoms with E-state index in [-0.39, 0.29) is 24.7 Å². The summed E-state index contributed by atoms with van der Waals surface area (Å²) in [6.45, 7) is 5.91. The average molecular weight is 339 g/mol. The van der Waals surface area contributed by atoms with Crippen LogP contribution in [0.3, 0.4) is 0 Å². The zero-order chi connectivity index (χ0) is 17.2. The highest BCUT2D eigenvalue weighted by Gasteiger charge is 2.20. The van der Waals surface area contributed by atoms with E-state index in [1.54, 1.807) is 19.2 Å². The van der Waals surface area contributed by atoms with Gasteiger partial charge in [-0.3, -0.25) is 9.59 Å². The van der Waals surface area contributed by atoms with E-state index in [1.807, 2.05) is 0 Å². The first-order chi connectivity index (χ1) is 11.0. The van der Waals surface area contributed by atoms with Crippen molar-refractivity contribution in [3.63, 3.8) is 0 Å². The van der Waals surface area contributed by atoms with Crippen LogP contribution in [0.2, 0.25) is 0 Å². The highest BCUT2D eigenvalue weighted by molar-refractivity contribution is 7.15. The Morgan fingerprint density at radius 2 is 1.91 bits per heavy atom. The minimum atomic E-state index is -0.451. The molecule has 1 amide bonds. The molecule has 0 bridgehead atoms. The molecule has 0 aromatic carbocycles. The third-order valence-electron chi connectivity index (χ3n) is 3.37. The van der Waals surface area contributed by atoms with Gasteiger partial charge in [0.2, 0.25) is 5.91 Å². The Morgan fingerprint density at radius 3 is 2.57 bits per heavy atom. The number of hydrogen-bond donors (Lipinski definition) is 1. The maximum absolute atomic E-state index is 12.0. The minimum Gasteiger partial charge on any atom is -0.462 e. The fourth-order valence-corrected chi connectivity index (χ4v) is 3.13. The number of unbranched alkanes of at least 4 members (excludes halogenated alkanes) is 3. The summed E-state index contributed by atoms with van der Waals surface area (Å²) in [4.78, 5) is 35.7. The summed E-state index contributed by atoms with van der Waals surface area (Å²) in [5.74, 6) is -0.894. The van der Waals surface area contributed by atoms with Crippen LogP contribution in [-0.4, -0.2) is 24.3 Å². The Labute approximate surface area is 141 Å². The monoisotopic (exact) mass is 339 g/mol. The van der Waals surface area contributed by atoms with E-state index in [4.69, 9.17) is 4.74 Å². The van der Waals surface area contributed by atoms with Crippen molar-refractivity contribution in [2.75, 3.05) is 11.9 Å². The van der Waals surface area contributed by atoms with Gasteiger partial charge in [0.15, 0.2) is 0 Å². The van der Waals surface area contributed by atoms with Crippen LogP contribution in [-0.2, 0) is 14.3 Å². The van der Waals surface area contributed by atoms with Crippen molar-refractivity contribution in [3.8, 4) is 0 Å². The lowest BCUT2D eigenvalue weighted by molar-refractivity contribution is -0.125. The number of Topliss-reactive ketones (excluding diaryl/α,β-unsaturated/α-hetero) is 1. The van der Waals surface area contributed by atoms with Crippen molar-refractivity contribution in [3.05, 3.63) is 16.5 Å². The molecular formula is C17H25NO4S. The zero-order valence-corrected chi connectivity index (χ0v) is 14.9. The molecule has 0 aliphatic rings. The van der Waals surface area contributed by atoms with Gasteiger partial charge in [-0.05, 0) is 31.2 Å². The summed E-state index contributed by atoms with van der Waals surface area (Å²) >= 11 is 1.27. The van der Waals surface area contributed by atoms with E-state index in [1.165, 1.54) is 11.3 Å². The van der Waals surface area contributed by atoms with Crippen molar-refractivity contribution in [1.82, 2.24) is 0 Å². The molecule has 0 saturated heterocycles. The molecule has 0 radical (unpaired) electrons. The van der Waals surface area contributed by atoms with E-state index in [9.17, 15) is 14.4 Å². The first-order valence-electron chi connectivity index (χ1n) is 8.06. The Morgan fingerprint density at radius 1 is 1.17 bits per heavy atom. The van der Waals surface area contributed by atoms with Gasteiger partial charge in [-0.2, -0.15) is 0 Å². The van der Waals surface area contributed by atoms with Crippen LogP contribution in [0, 0.1) is 6.92 Å². The molecule has 0 fully saturated rings. The summed E-state index contributed by atoms with van der Waals surface area (Å²) in [5, 5.41) is 4.90. The molecule has 1 aromatic heterocycles. The molecule has 0 aliphatic heterocycles. The molecule has 1 rings (SSSR count). The fourth-order valence-electron chi connectivity index (χ4n) is 2.18. The lowest BCUT2D eigenvalue weighted by Crippen LogP contribution is -2.18. The second-order valence-electron chi connectivity index (χ2n) is 5.42. The van der Waals surface area contributed by atoms with E-state index in [0.29, 0.717) is 17.0 Å². The van der Waals surface area contributed by atoms with Crippen molar-refractivity contribution >= 4 is 34.0 Å². The first-order valence-corrected chi connectivity index (χ1v) is 8.94. The molecular weight excluding hydrogens is 314 g/mol. The summed E-state index contributed by atoms with van der Waals surface area (Å²) in [6, 6.07) is 0. The highest BCUT2D eigenvalue weighted by Crippen LogP contribution is 2.28. The molecule has 6 heteroatoms. The Hall–Kier alpha value is -1.69. The third-order valence-corrected chi connectivity index (χ3v) is 4.39. The zero-order valence-electron chi connectivity index (χ0n) is 14.1. The number of aryl methyl sites for hydroxylation is 1. The van der Waals surface area contributed by atoms with E-state index in [2.05, 4.69) is 12.2 Å². The lowest BCUT2D eigenvalue weighted by Gasteiger charge is -2.07. The molecule has 0 aliphatic carbocycles. The maximum atomic E-state index is 12.0. The molecule has 0 spiro atoms. The SMILES string of the molecule is CCCCCCC(=O)CC(=O)Nc1scc(C)c1C(=O)OCC. The molecule has 1 aromatic rings. The van der Waals surface area contributed by atoms with Gasteiger partial charge in [0, 0.05) is 6.42 Å². The summed E-state index contributed by atoms with van der Waals surface area (Å²) in [5.41, 5.74) is 1.13. The highest BCUT2D eigenvalue weighted by atomic mass is 32.1. The second kappa shape index (κ2) is 10.2. The van der Waals surface area contributed by atoms with Crippen LogP contribution in [0.1, 0.15) is 68.3 Å². The molecule has 0 atom stereocenters. The van der Waals surface area contributed by atoms with Gasteiger partial charge in [0.25, 0.3) is 0 Å². The standard InChI is InChI=1S/C17H25NO4S/c1-4-6-7-8-9-13(19)10-14(20)18-16-15(12(3)11-23-16)17(21)22-5-2/h11H,4-10H2,1-3H3,(H,18,20). The van der Waals surface area contributed by atoms with E-state index < -0.39 is 5.97 Å². The van der Waals surface area contributed by atoms with Gasteiger partial charge in [0.05, 0.1) is 18.6 Å². The number of esters is 1. The van der Waals surface area contributed by atoms with Gasteiger partial charge in [-0.15, -0.1) is 11.3 Å². The quantitative estimate of drug-likeness (QED) is 0.396. The number of thiophene rings is 1. The normalized spacial score (nSPS) is 10.4. The largest absolute Gasteiger partial charge is 0.462 e. The van der Waals surface area contributed by atoms with Crippen LogP contribution >= 0.6 is 11.3 Å². The van der Waals surface area contributed by atoms with Crippen LogP contribution < -0.4 is 5.32 Å². The molecule has 0 unspecified atom stereocenters. The van der Waals surface area contributed by atoms with Crippen LogP contribution in [0.5, 0.6) is 0 Å². The Balaban J connectivity index is 2.54. The van der Waals surface area contributed by atoms with Gasteiger partial charge >= 0.3 is 5.97 Å². The van der Waals surface area contributed by atoms with E-state index in [0.717, 1.165) is 31.2 Å². The third kappa shape index (κ3) is 6.52. The number of carbonyl (C=O) groups is 3. The summed E-state index contributed by atoms with van der Waals surface area (Å²) in [6.07, 6.45) is 4.35. The topological polar surface area (TPSA) is 72.5 Å². The molecule has 0 saturated carbocycles. The van der Waals surface area contributed by atoms with Gasteiger partial charge < -0.3 is 10.1 Å². The van der Waals surface area contributed by atoms with Crippen molar-refractivity contribution in [2.45, 2.75) is 59.3 Å². The van der Waals surface area contributed by atoms with Gasteiger partial charge in [0.1, 0.15) is 10.8 Å². The second-order valence-corrected chi connectivity index (χ2v) is 6.30. The summed E-state index contributed by atoms with van der Waals surface area (Å²) < 4.78 is 5.00.